The maximum Gasteiger partial charge on any atom is 0.227 e. The number of phenolic OH excluding ortho intramolecular Hbond substituents is 1. The van der Waals surface area contributed by atoms with Crippen LogP contribution >= 0.6 is 0 Å². The number of amides is 1. The normalized spacial score (nSPS) is 11.1. The lowest BCUT2D eigenvalue weighted by Crippen LogP contribution is -2.35. The van der Waals surface area contributed by atoms with E-state index >= 15 is 0 Å². The van der Waals surface area contributed by atoms with Crippen LogP contribution < -0.4 is 0 Å². The number of rotatable bonds is 8. The van der Waals surface area contributed by atoms with E-state index in [1.165, 1.54) is 0 Å². The van der Waals surface area contributed by atoms with Crippen molar-refractivity contribution < 1.29 is 9.90 Å². The van der Waals surface area contributed by atoms with E-state index in [-0.39, 0.29) is 18.1 Å². The molecular formula is C18H29NO2. The molecule has 0 unspecified atom stereocenters. The summed E-state index contributed by atoms with van der Waals surface area (Å²) in [5.41, 5.74) is 0.710. The highest BCUT2D eigenvalue weighted by molar-refractivity contribution is 5.79. The Morgan fingerprint density at radius 1 is 1.05 bits per heavy atom. The standard InChI is InChI=1S/C18H29NO2/c1-14(2)9-11-19(12-10-15(3)4)18(21)13-16-7-5-6-8-17(16)20/h5-8,14-15,20H,9-13H2,1-4H3. The van der Waals surface area contributed by atoms with Crippen LogP contribution in [0.2, 0.25) is 0 Å². The minimum Gasteiger partial charge on any atom is -0.508 e. The number of benzene rings is 1. The molecule has 0 aliphatic rings. The van der Waals surface area contributed by atoms with Gasteiger partial charge in [0, 0.05) is 18.7 Å². The van der Waals surface area contributed by atoms with Crippen LogP contribution in [0.15, 0.2) is 24.3 Å². The van der Waals surface area contributed by atoms with Crippen molar-refractivity contribution in [2.45, 2.75) is 47.0 Å². The van der Waals surface area contributed by atoms with Gasteiger partial charge in [-0.1, -0.05) is 45.9 Å². The zero-order valence-electron chi connectivity index (χ0n) is 13.8. The molecule has 0 heterocycles. The number of phenols is 1. The number of hydrogen-bond acceptors (Lipinski definition) is 2. The van der Waals surface area contributed by atoms with Gasteiger partial charge < -0.3 is 10.0 Å². The van der Waals surface area contributed by atoms with E-state index in [1.807, 2.05) is 17.0 Å². The van der Waals surface area contributed by atoms with Crippen molar-refractivity contribution in [3.05, 3.63) is 29.8 Å². The van der Waals surface area contributed by atoms with Crippen LogP contribution in [0, 0.1) is 11.8 Å². The van der Waals surface area contributed by atoms with Crippen molar-refractivity contribution in [2.24, 2.45) is 11.8 Å². The van der Waals surface area contributed by atoms with Crippen molar-refractivity contribution in [3.8, 4) is 5.75 Å². The van der Waals surface area contributed by atoms with Gasteiger partial charge in [-0.05, 0) is 30.7 Å². The van der Waals surface area contributed by atoms with Gasteiger partial charge in [-0.2, -0.15) is 0 Å². The van der Waals surface area contributed by atoms with Gasteiger partial charge in [-0.3, -0.25) is 4.79 Å². The molecule has 1 aromatic carbocycles. The molecule has 0 aliphatic heterocycles. The minimum absolute atomic E-state index is 0.109. The lowest BCUT2D eigenvalue weighted by Gasteiger charge is -2.25. The van der Waals surface area contributed by atoms with Crippen molar-refractivity contribution in [1.29, 1.82) is 0 Å². The molecule has 3 heteroatoms. The molecule has 0 fully saturated rings. The number of carbonyl (C=O) groups is 1. The topological polar surface area (TPSA) is 40.5 Å². The molecule has 0 saturated heterocycles. The van der Waals surface area contributed by atoms with Crippen LogP contribution in [-0.2, 0) is 11.2 Å². The predicted molar refractivity (Wildman–Crippen MR) is 87.3 cm³/mol. The molecule has 118 valence electrons. The lowest BCUT2D eigenvalue weighted by molar-refractivity contribution is -0.130. The van der Waals surface area contributed by atoms with Gasteiger partial charge in [0.15, 0.2) is 0 Å². The maximum atomic E-state index is 12.5. The molecule has 21 heavy (non-hydrogen) atoms. The molecule has 1 N–H and O–H groups in total. The second-order valence-electron chi connectivity index (χ2n) is 6.55. The number of nitrogens with zero attached hydrogens (tertiary/aromatic N) is 1. The van der Waals surface area contributed by atoms with Crippen LogP contribution in [0.25, 0.3) is 0 Å². The zero-order valence-corrected chi connectivity index (χ0v) is 13.8. The summed E-state index contributed by atoms with van der Waals surface area (Å²) in [6.07, 6.45) is 2.32. The highest BCUT2D eigenvalue weighted by atomic mass is 16.3. The number of aromatic hydroxyl groups is 1. The smallest absolute Gasteiger partial charge is 0.227 e. The fourth-order valence-corrected chi connectivity index (χ4v) is 2.12. The Bertz CT molecular complexity index is 429. The first-order valence-electron chi connectivity index (χ1n) is 7.94. The third-order valence-corrected chi connectivity index (χ3v) is 3.64. The summed E-state index contributed by atoms with van der Waals surface area (Å²) in [6, 6.07) is 7.08. The van der Waals surface area contributed by atoms with Gasteiger partial charge in [0.25, 0.3) is 0 Å². The van der Waals surface area contributed by atoms with Crippen molar-refractivity contribution in [2.75, 3.05) is 13.1 Å². The van der Waals surface area contributed by atoms with Gasteiger partial charge in [0.05, 0.1) is 6.42 Å². The van der Waals surface area contributed by atoms with E-state index in [9.17, 15) is 9.90 Å². The second-order valence-corrected chi connectivity index (χ2v) is 6.55. The third kappa shape index (κ3) is 6.65. The highest BCUT2D eigenvalue weighted by Crippen LogP contribution is 2.17. The summed E-state index contributed by atoms with van der Waals surface area (Å²) >= 11 is 0. The quantitative estimate of drug-likeness (QED) is 0.790. The number of para-hydroxylation sites is 1. The van der Waals surface area contributed by atoms with Crippen LogP contribution in [-0.4, -0.2) is 29.0 Å². The van der Waals surface area contributed by atoms with E-state index in [0.717, 1.165) is 25.9 Å². The van der Waals surface area contributed by atoms with E-state index in [0.29, 0.717) is 17.4 Å². The molecule has 0 bridgehead atoms. The fourth-order valence-electron chi connectivity index (χ4n) is 2.12. The third-order valence-electron chi connectivity index (χ3n) is 3.64. The average Bonchev–Trinajstić information content (AvgIpc) is 2.40. The van der Waals surface area contributed by atoms with Crippen LogP contribution in [0.4, 0.5) is 0 Å². The van der Waals surface area contributed by atoms with Crippen LogP contribution in [0.5, 0.6) is 5.75 Å². The monoisotopic (exact) mass is 291 g/mol. The Balaban J connectivity index is 2.67. The molecule has 0 aromatic heterocycles. The van der Waals surface area contributed by atoms with Gasteiger partial charge in [0.2, 0.25) is 5.91 Å². The zero-order chi connectivity index (χ0) is 15.8. The Labute approximate surface area is 129 Å². The first-order chi connectivity index (χ1) is 9.90. The second kappa shape index (κ2) is 8.71. The van der Waals surface area contributed by atoms with Crippen molar-refractivity contribution in [3.63, 3.8) is 0 Å². The van der Waals surface area contributed by atoms with Gasteiger partial charge in [-0.25, -0.2) is 0 Å². The Kier molecular flexibility index (Phi) is 7.27. The van der Waals surface area contributed by atoms with Crippen molar-refractivity contribution in [1.82, 2.24) is 4.90 Å². The summed E-state index contributed by atoms with van der Waals surface area (Å²) in [7, 11) is 0. The van der Waals surface area contributed by atoms with Crippen LogP contribution in [0.1, 0.15) is 46.1 Å². The molecule has 0 saturated carbocycles. The summed E-state index contributed by atoms with van der Waals surface area (Å²) in [5, 5.41) is 9.81. The molecular weight excluding hydrogens is 262 g/mol. The van der Waals surface area contributed by atoms with Gasteiger partial charge >= 0.3 is 0 Å². The molecule has 0 radical (unpaired) electrons. The summed E-state index contributed by atoms with van der Waals surface area (Å²) in [4.78, 5) is 14.5. The predicted octanol–water partition coefficient (Wildman–Crippen LogP) is 3.86. The molecule has 3 nitrogen and oxygen atoms in total. The minimum atomic E-state index is 0.109. The van der Waals surface area contributed by atoms with E-state index in [2.05, 4.69) is 27.7 Å². The van der Waals surface area contributed by atoms with E-state index < -0.39 is 0 Å². The average molecular weight is 291 g/mol. The molecule has 0 atom stereocenters. The SMILES string of the molecule is CC(C)CCN(CCC(C)C)C(=O)Cc1ccccc1O. The first kappa shape index (κ1) is 17.5. The summed E-state index contributed by atoms with van der Waals surface area (Å²) < 4.78 is 0. The van der Waals surface area contributed by atoms with E-state index in [4.69, 9.17) is 0 Å². The Morgan fingerprint density at radius 3 is 2.05 bits per heavy atom. The number of hydrogen-bond donors (Lipinski definition) is 1. The fraction of sp³-hybridized carbons (Fsp3) is 0.611. The largest absolute Gasteiger partial charge is 0.508 e. The summed E-state index contributed by atoms with van der Waals surface area (Å²) in [6.45, 7) is 10.3. The highest BCUT2D eigenvalue weighted by Gasteiger charge is 2.16. The Hall–Kier alpha value is -1.51. The Morgan fingerprint density at radius 2 is 1.57 bits per heavy atom. The first-order valence-corrected chi connectivity index (χ1v) is 7.94. The van der Waals surface area contributed by atoms with Crippen LogP contribution in [0.3, 0.4) is 0 Å². The molecule has 0 spiro atoms. The molecule has 1 rings (SSSR count). The van der Waals surface area contributed by atoms with Gasteiger partial charge in [-0.15, -0.1) is 0 Å². The molecule has 1 amide bonds. The van der Waals surface area contributed by atoms with Crippen molar-refractivity contribution >= 4 is 5.91 Å². The molecule has 1 aromatic rings. The summed E-state index contributed by atoms with van der Waals surface area (Å²) in [5.74, 6) is 1.49. The number of carbonyl (C=O) groups excluding carboxylic acids is 1. The van der Waals surface area contributed by atoms with E-state index in [1.54, 1.807) is 12.1 Å². The molecule has 0 aliphatic carbocycles. The van der Waals surface area contributed by atoms with Gasteiger partial charge in [0.1, 0.15) is 5.75 Å². The lowest BCUT2D eigenvalue weighted by atomic mass is 10.1. The maximum absolute atomic E-state index is 12.5.